The van der Waals surface area contributed by atoms with E-state index >= 15 is 0 Å². The molecule has 28 heavy (non-hydrogen) atoms. The van der Waals surface area contributed by atoms with Crippen molar-refractivity contribution in [3.63, 3.8) is 0 Å². The Morgan fingerprint density at radius 2 is 1.89 bits per heavy atom. The monoisotopic (exact) mass is 418 g/mol. The van der Waals surface area contributed by atoms with Crippen molar-refractivity contribution in [2.75, 3.05) is 17.1 Å². The maximum Gasteiger partial charge on any atom is 0.241 e. The minimum Gasteiger partial charge on any atom is -0.350 e. The van der Waals surface area contributed by atoms with Gasteiger partial charge in [-0.25, -0.2) is 13.4 Å². The minimum absolute atomic E-state index is 0.255. The van der Waals surface area contributed by atoms with E-state index in [2.05, 4.69) is 10.3 Å². The number of hydrogen-bond donors (Lipinski definition) is 1. The lowest BCUT2D eigenvalue weighted by Gasteiger charge is -2.22. The van der Waals surface area contributed by atoms with Crippen LogP contribution in [0, 0.1) is 0 Å². The molecule has 1 aromatic heterocycles. The van der Waals surface area contributed by atoms with Gasteiger partial charge in [0.2, 0.25) is 15.9 Å². The Balaban J connectivity index is 1.72. The molecule has 0 radical (unpaired) electrons. The number of aromatic nitrogens is 2. The zero-order valence-corrected chi connectivity index (χ0v) is 16.7. The van der Waals surface area contributed by atoms with Crippen molar-refractivity contribution in [3.8, 4) is 5.69 Å². The number of nitrogens with one attached hydrogen (secondary N) is 1. The topological polar surface area (TPSA) is 84.3 Å². The van der Waals surface area contributed by atoms with Crippen LogP contribution < -0.4 is 9.62 Å². The molecule has 0 saturated carbocycles. The molecule has 1 amide bonds. The van der Waals surface area contributed by atoms with E-state index in [4.69, 9.17) is 11.6 Å². The summed E-state index contributed by atoms with van der Waals surface area (Å²) in [6.45, 7) is -0.0703. The number of benzene rings is 2. The lowest BCUT2D eigenvalue weighted by molar-refractivity contribution is -0.119. The molecule has 0 atom stereocenters. The fourth-order valence-corrected chi connectivity index (χ4v) is 3.68. The van der Waals surface area contributed by atoms with Crippen molar-refractivity contribution in [1.29, 1.82) is 0 Å². The number of carbonyl (C=O) groups is 1. The summed E-state index contributed by atoms with van der Waals surface area (Å²) in [6, 6.07) is 13.9. The molecule has 0 aliphatic heterocycles. The Morgan fingerprint density at radius 1 is 1.18 bits per heavy atom. The van der Waals surface area contributed by atoms with Gasteiger partial charge in [0, 0.05) is 24.0 Å². The highest BCUT2D eigenvalue weighted by molar-refractivity contribution is 7.92. The molecule has 146 valence electrons. The molecule has 3 aromatic rings. The van der Waals surface area contributed by atoms with E-state index in [9.17, 15) is 13.2 Å². The molecule has 9 heteroatoms. The summed E-state index contributed by atoms with van der Waals surface area (Å²) in [5, 5.41) is 3.26. The van der Waals surface area contributed by atoms with Gasteiger partial charge in [0.15, 0.2) is 0 Å². The Kier molecular flexibility index (Phi) is 6.01. The lowest BCUT2D eigenvalue weighted by atomic mass is 10.1. The van der Waals surface area contributed by atoms with Crippen molar-refractivity contribution < 1.29 is 13.2 Å². The van der Waals surface area contributed by atoms with Gasteiger partial charge < -0.3 is 9.88 Å². The smallest absolute Gasteiger partial charge is 0.241 e. The number of hydrogen-bond acceptors (Lipinski definition) is 4. The Labute approximate surface area is 168 Å². The molecule has 3 rings (SSSR count). The van der Waals surface area contributed by atoms with Crippen LogP contribution in [0.1, 0.15) is 5.56 Å². The van der Waals surface area contributed by atoms with Crippen LogP contribution in [0.5, 0.6) is 0 Å². The number of anilines is 1. The molecular formula is C19H19ClN4O3S. The average molecular weight is 419 g/mol. The molecule has 2 aromatic carbocycles. The van der Waals surface area contributed by atoms with Gasteiger partial charge in [0.1, 0.15) is 6.54 Å². The summed E-state index contributed by atoms with van der Waals surface area (Å²) in [6.07, 6.45) is 6.22. The fourth-order valence-electron chi connectivity index (χ4n) is 2.70. The van der Waals surface area contributed by atoms with E-state index in [0.29, 0.717) is 10.7 Å². The first kappa shape index (κ1) is 19.9. The van der Waals surface area contributed by atoms with Crippen molar-refractivity contribution in [1.82, 2.24) is 14.9 Å². The second-order valence-corrected chi connectivity index (χ2v) is 8.46. The van der Waals surface area contributed by atoms with Crippen LogP contribution in [0.3, 0.4) is 0 Å². The van der Waals surface area contributed by atoms with Crippen LogP contribution in [-0.4, -0.2) is 36.7 Å². The number of amides is 1. The van der Waals surface area contributed by atoms with E-state index in [1.54, 1.807) is 36.8 Å². The quantitative estimate of drug-likeness (QED) is 0.639. The summed E-state index contributed by atoms with van der Waals surface area (Å²) in [4.78, 5) is 16.5. The number of carbonyl (C=O) groups excluding carboxylic acids is 1. The molecule has 7 nitrogen and oxygen atoms in total. The van der Waals surface area contributed by atoms with Crippen LogP contribution in [0.2, 0.25) is 5.02 Å². The van der Waals surface area contributed by atoms with Gasteiger partial charge in [-0.2, -0.15) is 0 Å². The van der Waals surface area contributed by atoms with Crippen LogP contribution >= 0.6 is 11.6 Å². The Hall–Kier alpha value is -2.84. The molecule has 0 aliphatic carbocycles. The highest BCUT2D eigenvalue weighted by Crippen LogP contribution is 2.20. The van der Waals surface area contributed by atoms with Gasteiger partial charge in [-0.1, -0.05) is 29.8 Å². The minimum atomic E-state index is -3.64. The number of para-hydroxylation sites is 1. The predicted molar refractivity (Wildman–Crippen MR) is 109 cm³/mol. The molecule has 1 heterocycles. The lowest BCUT2D eigenvalue weighted by Crippen LogP contribution is -2.40. The molecule has 1 N–H and O–H groups in total. The SMILES string of the molecule is CS(=O)(=O)N(CC(=O)NCc1ccccc1-n1ccnc1)c1ccc(Cl)cc1. The first-order valence-electron chi connectivity index (χ1n) is 8.41. The maximum absolute atomic E-state index is 12.4. The zero-order chi connectivity index (χ0) is 20.1. The van der Waals surface area contributed by atoms with Crippen molar-refractivity contribution in [2.24, 2.45) is 0 Å². The van der Waals surface area contributed by atoms with Gasteiger partial charge >= 0.3 is 0 Å². The van der Waals surface area contributed by atoms with Crippen LogP contribution in [0.4, 0.5) is 5.69 Å². The third-order valence-electron chi connectivity index (χ3n) is 4.05. The molecule has 0 fully saturated rings. The molecular weight excluding hydrogens is 400 g/mol. The first-order valence-corrected chi connectivity index (χ1v) is 10.6. The molecule has 0 aliphatic rings. The normalized spacial score (nSPS) is 11.2. The van der Waals surface area contributed by atoms with Gasteiger partial charge in [-0.05, 0) is 35.9 Å². The Morgan fingerprint density at radius 3 is 2.54 bits per heavy atom. The summed E-state index contributed by atoms with van der Waals surface area (Å²) in [5.74, 6) is -0.416. The summed E-state index contributed by atoms with van der Waals surface area (Å²) < 4.78 is 27.2. The second kappa shape index (κ2) is 8.45. The van der Waals surface area contributed by atoms with Crippen LogP contribution in [0.15, 0.2) is 67.3 Å². The number of rotatable bonds is 7. The van der Waals surface area contributed by atoms with Crippen LogP contribution in [-0.2, 0) is 21.4 Å². The average Bonchev–Trinajstić information content (AvgIpc) is 3.19. The van der Waals surface area contributed by atoms with Gasteiger partial charge in [0.05, 0.1) is 24.0 Å². The first-order chi connectivity index (χ1) is 13.3. The predicted octanol–water partition coefficient (Wildman–Crippen LogP) is 2.61. The number of halogens is 1. The zero-order valence-electron chi connectivity index (χ0n) is 15.1. The van der Waals surface area contributed by atoms with Crippen molar-refractivity contribution >= 4 is 33.2 Å². The van der Waals surface area contributed by atoms with Gasteiger partial charge in [-0.15, -0.1) is 0 Å². The summed E-state index contributed by atoms with van der Waals surface area (Å²) in [5.41, 5.74) is 2.14. The molecule has 0 unspecified atom stereocenters. The highest BCUT2D eigenvalue weighted by Gasteiger charge is 2.20. The van der Waals surface area contributed by atoms with Gasteiger partial charge in [-0.3, -0.25) is 9.10 Å². The second-order valence-electron chi connectivity index (χ2n) is 6.12. The standard InChI is InChI=1S/C19H19ClN4O3S/c1-28(26,27)24(17-8-6-16(20)7-9-17)13-19(25)22-12-15-4-2-3-5-18(15)23-11-10-21-14-23/h2-11,14H,12-13H2,1H3,(H,22,25). The number of imidazole rings is 1. The highest BCUT2D eigenvalue weighted by atomic mass is 35.5. The van der Waals surface area contributed by atoms with E-state index in [1.165, 1.54) is 0 Å². The Bertz CT molecular complexity index is 1050. The fraction of sp³-hybridized carbons (Fsp3) is 0.158. The van der Waals surface area contributed by atoms with E-state index in [-0.39, 0.29) is 13.1 Å². The molecule has 0 bridgehead atoms. The van der Waals surface area contributed by atoms with Crippen molar-refractivity contribution in [2.45, 2.75) is 6.54 Å². The van der Waals surface area contributed by atoms with Gasteiger partial charge in [0.25, 0.3) is 0 Å². The summed E-state index contributed by atoms with van der Waals surface area (Å²) >= 11 is 5.86. The molecule has 0 saturated heterocycles. The van der Waals surface area contributed by atoms with E-state index in [1.807, 2.05) is 35.0 Å². The van der Waals surface area contributed by atoms with E-state index < -0.39 is 15.9 Å². The largest absolute Gasteiger partial charge is 0.350 e. The number of sulfonamides is 1. The number of nitrogens with zero attached hydrogens (tertiary/aromatic N) is 3. The van der Waals surface area contributed by atoms with Crippen molar-refractivity contribution in [3.05, 3.63) is 77.8 Å². The third-order valence-corrected chi connectivity index (χ3v) is 5.44. The maximum atomic E-state index is 12.4. The molecule has 0 spiro atoms. The van der Waals surface area contributed by atoms with E-state index in [0.717, 1.165) is 21.8 Å². The summed E-state index contributed by atoms with van der Waals surface area (Å²) in [7, 11) is -3.64. The third kappa shape index (κ3) is 4.90. The van der Waals surface area contributed by atoms with Crippen LogP contribution in [0.25, 0.3) is 5.69 Å².